The van der Waals surface area contributed by atoms with E-state index in [1.54, 1.807) is 12.1 Å². The van der Waals surface area contributed by atoms with Crippen LogP contribution in [0.1, 0.15) is 17.3 Å². The molecule has 1 amide bonds. The zero-order chi connectivity index (χ0) is 15.2. The van der Waals surface area contributed by atoms with Gasteiger partial charge in [0.05, 0.1) is 5.75 Å². The third kappa shape index (κ3) is 5.02. The Hall–Kier alpha value is -1.59. The van der Waals surface area contributed by atoms with Crippen LogP contribution in [-0.4, -0.2) is 17.4 Å². The highest BCUT2D eigenvalue weighted by atomic mass is 79.9. The summed E-state index contributed by atoms with van der Waals surface area (Å²) in [6.07, 6.45) is 0. The van der Waals surface area contributed by atoms with Crippen LogP contribution in [0.5, 0.6) is 0 Å². The average Bonchev–Trinajstić information content (AvgIpc) is 2.45. The highest BCUT2D eigenvalue weighted by Gasteiger charge is 2.05. The minimum absolute atomic E-state index is 0.0407. The van der Waals surface area contributed by atoms with Crippen LogP contribution in [-0.2, 0) is 4.79 Å². The fraction of sp³-hybridized carbons (Fsp3) is 0.125. The van der Waals surface area contributed by atoms with E-state index in [0.29, 0.717) is 11.3 Å². The van der Waals surface area contributed by atoms with E-state index < -0.39 is 0 Å². The second kappa shape index (κ2) is 7.43. The van der Waals surface area contributed by atoms with Crippen molar-refractivity contribution in [3.05, 3.63) is 58.6 Å². The first-order chi connectivity index (χ1) is 10.0. The van der Waals surface area contributed by atoms with Gasteiger partial charge in [0, 0.05) is 20.6 Å². The number of thioether (sulfide) groups is 1. The SMILES string of the molecule is CC(=O)c1ccc(SCC(=O)Nc2cccc(Br)c2)cc1. The molecule has 0 fully saturated rings. The number of nitrogens with one attached hydrogen (secondary N) is 1. The van der Waals surface area contributed by atoms with Crippen LogP contribution in [0, 0.1) is 0 Å². The van der Waals surface area contributed by atoms with Crippen LogP contribution in [0.25, 0.3) is 0 Å². The number of rotatable bonds is 5. The molecule has 0 aromatic heterocycles. The molecule has 0 radical (unpaired) electrons. The molecule has 0 aliphatic heterocycles. The van der Waals surface area contributed by atoms with Gasteiger partial charge in [-0.1, -0.05) is 34.1 Å². The largest absolute Gasteiger partial charge is 0.325 e. The van der Waals surface area contributed by atoms with Gasteiger partial charge in [-0.25, -0.2) is 0 Å². The van der Waals surface area contributed by atoms with Crippen LogP contribution in [0.3, 0.4) is 0 Å². The first kappa shape index (κ1) is 15.8. The second-order valence-corrected chi connectivity index (χ2v) is 6.39. The van der Waals surface area contributed by atoms with Gasteiger partial charge >= 0.3 is 0 Å². The average molecular weight is 364 g/mol. The van der Waals surface area contributed by atoms with Crippen molar-refractivity contribution >= 4 is 45.1 Å². The summed E-state index contributed by atoms with van der Waals surface area (Å²) in [5.41, 5.74) is 1.44. The molecule has 1 N–H and O–H groups in total. The van der Waals surface area contributed by atoms with Crippen LogP contribution in [0.2, 0.25) is 0 Å². The molecule has 2 rings (SSSR count). The normalized spacial score (nSPS) is 10.2. The molecule has 21 heavy (non-hydrogen) atoms. The Bertz CT molecular complexity index is 656. The summed E-state index contributed by atoms with van der Waals surface area (Å²) in [7, 11) is 0. The lowest BCUT2D eigenvalue weighted by molar-refractivity contribution is -0.113. The predicted molar refractivity (Wildman–Crippen MR) is 89.9 cm³/mol. The number of carbonyl (C=O) groups excluding carboxylic acids is 2. The molecule has 0 heterocycles. The van der Waals surface area contributed by atoms with Gasteiger partial charge in [0.25, 0.3) is 0 Å². The minimum Gasteiger partial charge on any atom is -0.325 e. The van der Waals surface area contributed by atoms with E-state index in [0.717, 1.165) is 15.1 Å². The Morgan fingerprint density at radius 2 is 1.86 bits per heavy atom. The summed E-state index contributed by atoms with van der Waals surface area (Å²) in [6, 6.07) is 14.7. The Labute approximate surface area is 136 Å². The molecular weight excluding hydrogens is 350 g/mol. The van der Waals surface area contributed by atoms with Crippen LogP contribution in [0.15, 0.2) is 57.9 Å². The van der Waals surface area contributed by atoms with Crippen LogP contribution >= 0.6 is 27.7 Å². The lowest BCUT2D eigenvalue weighted by Gasteiger charge is -2.06. The number of halogens is 1. The second-order valence-electron chi connectivity index (χ2n) is 4.43. The quantitative estimate of drug-likeness (QED) is 0.633. The molecule has 0 spiro atoms. The molecule has 0 bridgehead atoms. The molecule has 0 unspecified atom stereocenters. The van der Waals surface area contributed by atoms with E-state index in [1.165, 1.54) is 18.7 Å². The number of carbonyl (C=O) groups is 2. The van der Waals surface area contributed by atoms with Gasteiger partial charge < -0.3 is 5.32 Å². The number of amides is 1. The standard InChI is InChI=1S/C16H14BrNO2S/c1-11(19)12-5-7-15(8-6-12)21-10-16(20)18-14-4-2-3-13(17)9-14/h2-9H,10H2,1H3,(H,18,20). The molecule has 0 aliphatic carbocycles. The highest BCUT2D eigenvalue weighted by Crippen LogP contribution is 2.20. The first-order valence-electron chi connectivity index (χ1n) is 6.34. The molecule has 2 aromatic carbocycles. The molecular formula is C16H14BrNO2S. The maximum absolute atomic E-state index is 11.9. The molecule has 0 atom stereocenters. The number of hydrogen-bond donors (Lipinski definition) is 1. The van der Waals surface area contributed by atoms with Crippen molar-refractivity contribution in [2.24, 2.45) is 0 Å². The minimum atomic E-state index is -0.0613. The van der Waals surface area contributed by atoms with Gasteiger partial charge in [0.15, 0.2) is 5.78 Å². The lowest BCUT2D eigenvalue weighted by Crippen LogP contribution is -2.13. The van der Waals surface area contributed by atoms with Gasteiger partial charge in [-0.05, 0) is 37.3 Å². The Kier molecular flexibility index (Phi) is 5.59. The maximum Gasteiger partial charge on any atom is 0.234 e. The van der Waals surface area contributed by atoms with Crippen molar-refractivity contribution < 1.29 is 9.59 Å². The summed E-state index contributed by atoms with van der Waals surface area (Å²) < 4.78 is 0.924. The lowest BCUT2D eigenvalue weighted by atomic mass is 10.2. The predicted octanol–water partition coefficient (Wildman–Crippen LogP) is 4.38. The third-order valence-corrected chi connectivity index (χ3v) is 4.24. The van der Waals surface area contributed by atoms with Crippen molar-refractivity contribution in [3.8, 4) is 0 Å². The van der Waals surface area contributed by atoms with Crippen molar-refractivity contribution in [3.63, 3.8) is 0 Å². The zero-order valence-electron chi connectivity index (χ0n) is 11.4. The van der Waals surface area contributed by atoms with Crippen molar-refractivity contribution in [2.75, 3.05) is 11.1 Å². The Morgan fingerprint density at radius 3 is 2.48 bits per heavy atom. The van der Waals surface area contributed by atoms with E-state index in [-0.39, 0.29) is 11.7 Å². The number of Topliss-reactive ketones (excluding diaryl/α,β-unsaturated/α-hetero) is 1. The number of benzene rings is 2. The van der Waals surface area contributed by atoms with Crippen molar-refractivity contribution in [2.45, 2.75) is 11.8 Å². The van der Waals surface area contributed by atoms with E-state index in [4.69, 9.17) is 0 Å². The van der Waals surface area contributed by atoms with E-state index in [9.17, 15) is 9.59 Å². The van der Waals surface area contributed by atoms with E-state index >= 15 is 0 Å². The van der Waals surface area contributed by atoms with E-state index in [2.05, 4.69) is 21.2 Å². The molecule has 0 saturated heterocycles. The van der Waals surface area contributed by atoms with Crippen molar-refractivity contribution in [1.82, 2.24) is 0 Å². The fourth-order valence-electron chi connectivity index (χ4n) is 1.70. The van der Waals surface area contributed by atoms with Crippen LogP contribution in [0.4, 0.5) is 5.69 Å². The monoisotopic (exact) mass is 363 g/mol. The third-order valence-electron chi connectivity index (χ3n) is 2.74. The molecule has 0 aliphatic rings. The Balaban J connectivity index is 1.87. The zero-order valence-corrected chi connectivity index (χ0v) is 13.8. The smallest absolute Gasteiger partial charge is 0.234 e. The topological polar surface area (TPSA) is 46.2 Å². The molecule has 3 nitrogen and oxygen atoms in total. The van der Waals surface area contributed by atoms with Crippen molar-refractivity contribution in [1.29, 1.82) is 0 Å². The maximum atomic E-state index is 11.9. The van der Waals surface area contributed by atoms with Gasteiger partial charge in [-0.3, -0.25) is 9.59 Å². The summed E-state index contributed by atoms with van der Waals surface area (Å²) in [4.78, 5) is 24.0. The summed E-state index contributed by atoms with van der Waals surface area (Å²) in [5.74, 6) is 0.305. The fourth-order valence-corrected chi connectivity index (χ4v) is 2.80. The summed E-state index contributed by atoms with van der Waals surface area (Å²) >= 11 is 4.80. The molecule has 2 aromatic rings. The molecule has 0 saturated carbocycles. The number of anilines is 1. The van der Waals surface area contributed by atoms with E-state index in [1.807, 2.05) is 36.4 Å². The summed E-state index contributed by atoms with van der Waals surface area (Å²) in [6.45, 7) is 1.54. The highest BCUT2D eigenvalue weighted by molar-refractivity contribution is 9.10. The molecule has 108 valence electrons. The van der Waals surface area contributed by atoms with Gasteiger partial charge in [-0.15, -0.1) is 11.8 Å². The van der Waals surface area contributed by atoms with Gasteiger partial charge in [0.2, 0.25) is 5.91 Å². The van der Waals surface area contributed by atoms with Gasteiger partial charge in [-0.2, -0.15) is 0 Å². The number of hydrogen-bond acceptors (Lipinski definition) is 3. The first-order valence-corrected chi connectivity index (χ1v) is 8.11. The number of ketones is 1. The molecule has 5 heteroatoms. The van der Waals surface area contributed by atoms with Gasteiger partial charge in [0.1, 0.15) is 0 Å². The van der Waals surface area contributed by atoms with Crippen LogP contribution < -0.4 is 5.32 Å². The summed E-state index contributed by atoms with van der Waals surface area (Å²) in [5, 5.41) is 2.84. The Morgan fingerprint density at radius 1 is 1.14 bits per heavy atom.